The third kappa shape index (κ3) is 4.73. The van der Waals surface area contributed by atoms with E-state index < -0.39 is 23.0 Å². The number of nitrogen functional groups attached to an aromatic ring is 1. The minimum Gasteiger partial charge on any atom is -0.451 e. The summed E-state index contributed by atoms with van der Waals surface area (Å²) in [7, 11) is 1.52. The van der Waals surface area contributed by atoms with Gasteiger partial charge in [0.05, 0.1) is 6.54 Å². The molecule has 3 N–H and O–H groups in total. The fourth-order valence-electron chi connectivity index (χ4n) is 3.96. The topological polar surface area (TPSA) is 124 Å². The average Bonchev–Trinajstić information content (AvgIpc) is 3.16. The van der Waals surface area contributed by atoms with Crippen LogP contribution in [-0.4, -0.2) is 35.7 Å². The lowest BCUT2D eigenvalue weighted by molar-refractivity contribution is 0.0958. The Kier molecular flexibility index (Phi) is 6.83. The van der Waals surface area contributed by atoms with Crippen LogP contribution in [0.3, 0.4) is 0 Å². The van der Waals surface area contributed by atoms with Gasteiger partial charge in [0.15, 0.2) is 11.4 Å². The van der Waals surface area contributed by atoms with E-state index in [2.05, 4.69) is 4.98 Å². The molecule has 0 aliphatic heterocycles. The van der Waals surface area contributed by atoms with Crippen LogP contribution < -0.4 is 21.9 Å². The summed E-state index contributed by atoms with van der Waals surface area (Å²) in [4.78, 5) is 42.6. The largest absolute Gasteiger partial charge is 0.451 e. The number of aromatic amines is 1. The summed E-state index contributed by atoms with van der Waals surface area (Å²) in [6.07, 6.45) is 0.382. The Hall–Kier alpha value is -4.18. The van der Waals surface area contributed by atoms with Crippen LogP contribution in [0.1, 0.15) is 28.1 Å². The van der Waals surface area contributed by atoms with Crippen LogP contribution in [0.25, 0.3) is 11.0 Å². The molecule has 10 heteroatoms. The summed E-state index contributed by atoms with van der Waals surface area (Å²) in [5, 5.41) is 0.445. The van der Waals surface area contributed by atoms with Crippen LogP contribution in [0.15, 0.2) is 62.5 Å². The molecule has 2 aromatic heterocycles. The minimum absolute atomic E-state index is 0.0531. The third-order valence-electron chi connectivity index (χ3n) is 5.74. The van der Waals surface area contributed by atoms with Gasteiger partial charge in [-0.25, -0.2) is 9.18 Å². The minimum atomic E-state index is -0.803. The number of nitrogens with one attached hydrogen (secondary N) is 1. The molecule has 0 bridgehead atoms. The van der Waals surface area contributed by atoms with Gasteiger partial charge in [-0.05, 0) is 37.1 Å². The smallest absolute Gasteiger partial charge is 0.330 e. The summed E-state index contributed by atoms with van der Waals surface area (Å²) >= 11 is 0. The van der Waals surface area contributed by atoms with Gasteiger partial charge >= 0.3 is 5.69 Å². The highest BCUT2D eigenvalue weighted by Crippen LogP contribution is 2.29. The van der Waals surface area contributed by atoms with Gasteiger partial charge in [-0.2, -0.15) is 0 Å². The van der Waals surface area contributed by atoms with E-state index in [9.17, 15) is 18.8 Å². The predicted octanol–water partition coefficient (Wildman–Crippen LogP) is 3.04. The Bertz CT molecular complexity index is 1490. The average molecular weight is 480 g/mol. The van der Waals surface area contributed by atoms with Crippen molar-refractivity contribution in [1.82, 2.24) is 9.55 Å². The van der Waals surface area contributed by atoms with Gasteiger partial charge in [-0.1, -0.05) is 30.3 Å². The lowest BCUT2D eigenvalue weighted by Gasteiger charge is -2.24. The second-order valence-electron chi connectivity index (χ2n) is 8.06. The summed E-state index contributed by atoms with van der Waals surface area (Å²) in [5.74, 6) is -1.32. The zero-order chi connectivity index (χ0) is 25.1. The number of rotatable bonds is 8. The monoisotopic (exact) mass is 480 g/mol. The van der Waals surface area contributed by atoms with E-state index in [-0.39, 0.29) is 30.4 Å². The van der Waals surface area contributed by atoms with Gasteiger partial charge in [-0.3, -0.25) is 24.0 Å². The number of aromatic nitrogens is 2. The molecular weight excluding hydrogens is 455 g/mol. The Balaban J connectivity index is 1.83. The summed E-state index contributed by atoms with van der Waals surface area (Å²) in [5.41, 5.74) is 6.20. The van der Waals surface area contributed by atoms with Crippen LogP contribution in [0.4, 0.5) is 15.9 Å². The summed E-state index contributed by atoms with van der Waals surface area (Å²) in [6.45, 7) is 2.11. The number of halogens is 1. The molecule has 2 heterocycles. The van der Waals surface area contributed by atoms with Crippen molar-refractivity contribution in [3.63, 3.8) is 0 Å². The number of fused-ring (bicyclic) bond motifs is 1. The van der Waals surface area contributed by atoms with E-state index >= 15 is 0 Å². The summed E-state index contributed by atoms with van der Waals surface area (Å²) < 4.78 is 25.8. The number of carbonyl (C=O) groups is 1. The Labute approximate surface area is 199 Å². The molecule has 4 rings (SSSR count). The first-order valence-electron chi connectivity index (χ1n) is 11.0. The van der Waals surface area contributed by atoms with Gasteiger partial charge < -0.3 is 14.9 Å². The maximum Gasteiger partial charge on any atom is 0.330 e. The van der Waals surface area contributed by atoms with E-state index in [1.54, 1.807) is 6.92 Å². The number of ether oxygens (including phenoxy) is 1. The second-order valence-corrected chi connectivity index (χ2v) is 8.06. The first kappa shape index (κ1) is 24.0. The number of aryl methyl sites for hydroxylation is 1. The van der Waals surface area contributed by atoms with Crippen molar-refractivity contribution >= 4 is 28.4 Å². The standard InChI is InChI=1S/C25H25FN4O5/c1-15-18-13-17(26)9-10-19(18)35-21(15)24(32)29(11-6-12-34-2)20-22(27)30(25(33)28-23(20)31)14-16-7-4-3-5-8-16/h3-5,7-10,13H,6,11-12,14,27H2,1-2H3,(H,28,31,33). The van der Waals surface area contributed by atoms with Crippen LogP contribution in [0.5, 0.6) is 0 Å². The van der Waals surface area contributed by atoms with Gasteiger partial charge in [0.1, 0.15) is 17.2 Å². The van der Waals surface area contributed by atoms with E-state index in [0.717, 1.165) is 5.56 Å². The normalized spacial score (nSPS) is 11.2. The van der Waals surface area contributed by atoms with E-state index in [4.69, 9.17) is 14.9 Å². The van der Waals surface area contributed by atoms with Gasteiger partial charge in [0, 0.05) is 31.2 Å². The number of nitrogens with two attached hydrogens (primary N) is 1. The van der Waals surface area contributed by atoms with Crippen molar-refractivity contribution in [2.75, 3.05) is 30.9 Å². The Morgan fingerprint density at radius 1 is 1.20 bits per heavy atom. The van der Waals surface area contributed by atoms with Crippen molar-refractivity contribution in [3.05, 3.63) is 92.1 Å². The SMILES string of the molecule is COCCCN(C(=O)c1oc2ccc(F)cc2c1C)c1c(N)n(Cc2ccccc2)c(=O)[nH]c1=O. The highest BCUT2D eigenvalue weighted by Gasteiger charge is 2.29. The van der Waals surface area contributed by atoms with Crippen molar-refractivity contribution < 1.29 is 18.3 Å². The van der Waals surface area contributed by atoms with Crippen molar-refractivity contribution in [2.45, 2.75) is 19.9 Å². The van der Waals surface area contributed by atoms with Gasteiger partial charge in [-0.15, -0.1) is 0 Å². The number of hydrogen-bond donors (Lipinski definition) is 2. The van der Waals surface area contributed by atoms with E-state index in [1.807, 2.05) is 30.3 Å². The predicted molar refractivity (Wildman–Crippen MR) is 130 cm³/mol. The molecule has 2 aromatic carbocycles. The number of H-pyrrole nitrogens is 1. The number of nitrogens with zero attached hydrogens (tertiary/aromatic N) is 2. The van der Waals surface area contributed by atoms with Crippen molar-refractivity contribution in [3.8, 4) is 0 Å². The number of methoxy groups -OCH3 is 1. The molecule has 0 saturated carbocycles. The molecule has 1 amide bonds. The lowest BCUT2D eigenvalue weighted by Crippen LogP contribution is -2.42. The first-order valence-corrected chi connectivity index (χ1v) is 11.0. The maximum atomic E-state index is 13.8. The molecule has 0 saturated heterocycles. The quantitative estimate of drug-likeness (QED) is 0.374. The number of hydrogen-bond acceptors (Lipinski definition) is 6. The molecular formula is C25H25FN4O5. The van der Waals surface area contributed by atoms with Crippen LogP contribution in [0.2, 0.25) is 0 Å². The Morgan fingerprint density at radius 2 is 1.94 bits per heavy atom. The third-order valence-corrected chi connectivity index (χ3v) is 5.74. The zero-order valence-corrected chi connectivity index (χ0v) is 19.3. The zero-order valence-electron chi connectivity index (χ0n) is 19.3. The van der Waals surface area contributed by atoms with Gasteiger partial charge in [0.25, 0.3) is 11.5 Å². The fraction of sp³-hybridized carbons (Fsp3) is 0.240. The molecule has 0 unspecified atom stereocenters. The molecule has 0 aliphatic carbocycles. The number of amides is 1. The van der Waals surface area contributed by atoms with E-state index in [0.29, 0.717) is 29.6 Å². The molecule has 35 heavy (non-hydrogen) atoms. The fourth-order valence-corrected chi connectivity index (χ4v) is 3.96. The number of anilines is 2. The molecule has 0 spiro atoms. The molecule has 182 valence electrons. The Morgan fingerprint density at radius 3 is 2.66 bits per heavy atom. The highest BCUT2D eigenvalue weighted by molar-refractivity contribution is 6.08. The maximum absolute atomic E-state index is 13.8. The number of carbonyl (C=O) groups excluding carboxylic acids is 1. The summed E-state index contributed by atoms with van der Waals surface area (Å²) in [6, 6.07) is 13.0. The highest BCUT2D eigenvalue weighted by atomic mass is 19.1. The molecule has 0 aliphatic rings. The van der Waals surface area contributed by atoms with Crippen molar-refractivity contribution in [1.29, 1.82) is 0 Å². The van der Waals surface area contributed by atoms with Crippen molar-refractivity contribution in [2.24, 2.45) is 0 Å². The second kappa shape index (κ2) is 9.98. The molecule has 0 atom stereocenters. The van der Waals surface area contributed by atoms with Gasteiger partial charge in [0.2, 0.25) is 0 Å². The number of benzene rings is 2. The van der Waals surface area contributed by atoms with E-state index in [1.165, 1.54) is 34.8 Å². The first-order chi connectivity index (χ1) is 16.8. The van der Waals surface area contributed by atoms with Crippen LogP contribution >= 0.6 is 0 Å². The van der Waals surface area contributed by atoms with Crippen LogP contribution in [-0.2, 0) is 11.3 Å². The molecule has 0 radical (unpaired) electrons. The molecule has 9 nitrogen and oxygen atoms in total. The lowest BCUT2D eigenvalue weighted by atomic mass is 10.1. The number of furan rings is 1. The van der Waals surface area contributed by atoms with Crippen LogP contribution in [0, 0.1) is 12.7 Å². The molecule has 0 fully saturated rings. The molecule has 4 aromatic rings.